The Labute approximate surface area is 134 Å². The molecule has 1 aromatic rings. The van der Waals surface area contributed by atoms with Crippen molar-refractivity contribution in [3.05, 3.63) is 35.4 Å². The predicted molar refractivity (Wildman–Crippen MR) is 80.6 cm³/mol. The topological polar surface area (TPSA) is 52.3 Å². The molecule has 0 spiro atoms. The van der Waals surface area contributed by atoms with Crippen molar-refractivity contribution in [1.82, 2.24) is 0 Å². The maximum absolute atomic E-state index is 12.8. The molecule has 128 valence electrons. The van der Waals surface area contributed by atoms with Gasteiger partial charge in [0.05, 0.1) is 18.6 Å². The number of ether oxygens (including phenoxy) is 1. The lowest BCUT2D eigenvalue weighted by Crippen LogP contribution is -2.34. The van der Waals surface area contributed by atoms with E-state index in [2.05, 4.69) is 0 Å². The summed E-state index contributed by atoms with van der Waals surface area (Å²) in [4.78, 5) is 12.1. The molecule has 0 saturated heterocycles. The van der Waals surface area contributed by atoms with E-state index in [1.54, 1.807) is 6.07 Å². The highest BCUT2D eigenvalue weighted by atomic mass is 19.4. The van der Waals surface area contributed by atoms with E-state index in [-0.39, 0.29) is 24.3 Å². The quantitative estimate of drug-likeness (QED) is 0.860. The number of hydrogen-bond acceptors (Lipinski definition) is 3. The third kappa shape index (κ3) is 4.70. The van der Waals surface area contributed by atoms with E-state index in [0.717, 1.165) is 37.8 Å². The van der Waals surface area contributed by atoms with Crippen LogP contribution in [-0.2, 0) is 22.1 Å². The molecule has 0 amide bonds. The van der Waals surface area contributed by atoms with E-state index in [9.17, 15) is 18.0 Å². The molecule has 0 aromatic heterocycles. The van der Waals surface area contributed by atoms with Gasteiger partial charge in [0.25, 0.3) is 0 Å². The number of nitrogens with two attached hydrogens (primary N) is 1. The Hall–Kier alpha value is -1.56. The van der Waals surface area contributed by atoms with Crippen LogP contribution in [0.25, 0.3) is 0 Å². The monoisotopic (exact) mass is 329 g/mol. The SMILES string of the molecule is COC(=O)[C@@H](Cc1cccc(C(F)(F)F)c1)C1CCC(N)CC1. The maximum Gasteiger partial charge on any atom is 0.416 e. The van der Waals surface area contributed by atoms with Crippen LogP contribution in [0, 0.1) is 11.8 Å². The third-order valence-electron chi connectivity index (χ3n) is 4.60. The fourth-order valence-corrected chi connectivity index (χ4v) is 3.27. The minimum Gasteiger partial charge on any atom is -0.469 e. The molecule has 0 heterocycles. The molecule has 2 rings (SSSR count). The number of carbonyl (C=O) groups excluding carboxylic acids is 1. The summed E-state index contributed by atoms with van der Waals surface area (Å²) in [5.74, 6) is -0.671. The summed E-state index contributed by atoms with van der Waals surface area (Å²) in [6.45, 7) is 0. The van der Waals surface area contributed by atoms with Crippen molar-refractivity contribution < 1.29 is 22.7 Å². The van der Waals surface area contributed by atoms with Crippen LogP contribution in [0.5, 0.6) is 0 Å². The van der Waals surface area contributed by atoms with Gasteiger partial charge in [-0.05, 0) is 49.7 Å². The first-order valence-electron chi connectivity index (χ1n) is 7.80. The molecule has 1 aromatic carbocycles. The zero-order valence-corrected chi connectivity index (χ0v) is 13.1. The zero-order valence-electron chi connectivity index (χ0n) is 13.1. The van der Waals surface area contributed by atoms with Crippen LogP contribution in [0.4, 0.5) is 13.2 Å². The van der Waals surface area contributed by atoms with Crippen LogP contribution >= 0.6 is 0 Å². The zero-order chi connectivity index (χ0) is 17.0. The first kappa shape index (κ1) is 17.8. The number of hydrogen-bond donors (Lipinski definition) is 1. The summed E-state index contributed by atoms with van der Waals surface area (Å²) < 4.78 is 43.3. The van der Waals surface area contributed by atoms with Gasteiger partial charge in [-0.2, -0.15) is 13.2 Å². The number of alkyl halides is 3. The molecule has 2 N–H and O–H groups in total. The van der Waals surface area contributed by atoms with Gasteiger partial charge in [0.2, 0.25) is 0 Å². The molecule has 3 nitrogen and oxygen atoms in total. The Morgan fingerprint density at radius 3 is 2.52 bits per heavy atom. The minimum absolute atomic E-state index is 0.108. The van der Waals surface area contributed by atoms with Crippen molar-refractivity contribution in [3.8, 4) is 0 Å². The lowest BCUT2D eigenvalue weighted by Gasteiger charge is -2.31. The van der Waals surface area contributed by atoms with Crippen molar-refractivity contribution in [3.63, 3.8) is 0 Å². The molecule has 1 fully saturated rings. The van der Waals surface area contributed by atoms with Gasteiger partial charge >= 0.3 is 12.1 Å². The van der Waals surface area contributed by atoms with E-state index in [4.69, 9.17) is 10.5 Å². The summed E-state index contributed by atoms with van der Waals surface area (Å²) in [5.41, 5.74) is 5.70. The standard InChI is InChI=1S/C17H22F3NO2/c1-23-16(22)15(12-5-7-14(21)8-6-12)10-11-3-2-4-13(9-11)17(18,19)20/h2-4,9,12,14-15H,5-8,10,21H2,1H3/t12?,14?,15-/m0/s1. The summed E-state index contributed by atoms with van der Waals surface area (Å²) in [5, 5.41) is 0. The molecular weight excluding hydrogens is 307 g/mol. The maximum atomic E-state index is 12.8. The van der Waals surface area contributed by atoms with Gasteiger partial charge in [-0.25, -0.2) is 0 Å². The first-order valence-corrected chi connectivity index (χ1v) is 7.80. The number of benzene rings is 1. The highest BCUT2D eigenvalue weighted by molar-refractivity contribution is 5.73. The number of halogens is 3. The van der Waals surface area contributed by atoms with E-state index in [1.165, 1.54) is 13.2 Å². The van der Waals surface area contributed by atoms with Crippen molar-refractivity contribution in [2.75, 3.05) is 7.11 Å². The van der Waals surface area contributed by atoms with E-state index in [1.807, 2.05) is 0 Å². The normalized spacial score (nSPS) is 23.3. The third-order valence-corrected chi connectivity index (χ3v) is 4.60. The average Bonchev–Trinajstić information content (AvgIpc) is 2.52. The minimum atomic E-state index is -4.38. The molecule has 1 saturated carbocycles. The molecule has 6 heteroatoms. The van der Waals surface area contributed by atoms with Gasteiger partial charge in [-0.3, -0.25) is 4.79 Å². The Morgan fingerprint density at radius 2 is 1.96 bits per heavy atom. The van der Waals surface area contributed by atoms with Crippen LogP contribution in [0.1, 0.15) is 36.8 Å². The average molecular weight is 329 g/mol. The molecule has 0 bridgehead atoms. The predicted octanol–water partition coefficient (Wildman–Crippen LogP) is 3.55. The molecular formula is C17H22F3NO2. The fourth-order valence-electron chi connectivity index (χ4n) is 3.27. The lowest BCUT2D eigenvalue weighted by atomic mass is 9.76. The van der Waals surface area contributed by atoms with Gasteiger partial charge in [0.15, 0.2) is 0 Å². The van der Waals surface area contributed by atoms with Crippen molar-refractivity contribution >= 4 is 5.97 Å². The van der Waals surface area contributed by atoms with Gasteiger partial charge in [0, 0.05) is 6.04 Å². The number of methoxy groups -OCH3 is 1. The fraction of sp³-hybridized carbons (Fsp3) is 0.588. The molecule has 0 aliphatic heterocycles. The second-order valence-electron chi connectivity index (χ2n) is 6.21. The summed E-state index contributed by atoms with van der Waals surface area (Å²) in [7, 11) is 1.32. The Bertz CT molecular complexity index is 537. The van der Waals surface area contributed by atoms with Crippen LogP contribution in [0.2, 0.25) is 0 Å². The second-order valence-corrected chi connectivity index (χ2v) is 6.21. The van der Waals surface area contributed by atoms with Crippen molar-refractivity contribution in [2.45, 2.75) is 44.3 Å². The Kier molecular flexibility index (Phi) is 5.68. The highest BCUT2D eigenvalue weighted by Gasteiger charge is 2.34. The van der Waals surface area contributed by atoms with E-state index in [0.29, 0.717) is 5.56 Å². The molecule has 0 radical (unpaired) electrons. The van der Waals surface area contributed by atoms with Gasteiger partial charge in [0.1, 0.15) is 0 Å². The largest absolute Gasteiger partial charge is 0.469 e. The first-order chi connectivity index (χ1) is 10.8. The van der Waals surface area contributed by atoms with Gasteiger partial charge in [-0.15, -0.1) is 0 Å². The molecule has 1 aliphatic carbocycles. The van der Waals surface area contributed by atoms with Crippen molar-refractivity contribution in [2.24, 2.45) is 17.6 Å². The van der Waals surface area contributed by atoms with E-state index >= 15 is 0 Å². The smallest absolute Gasteiger partial charge is 0.416 e. The molecule has 1 aliphatic rings. The highest BCUT2D eigenvalue weighted by Crippen LogP contribution is 2.34. The van der Waals surface area contributed by atoms with Gasteiger partial charge < -0.3 is 10.5 Å². The number of esters is 1. The van der Waals surface area contributed by atoms with Crippen LogP contribution in [0.3, 0.4) is 0 Å². The summed E-state index contributed by atoms with van der Waals surface area (Å²) in [6.07, 6.45) is -0.841. The van der Waals surface area contributed by atoms with E-state index < -0.39 is 17.7 Å². The Balaban J connectivity index is 2.16. The molecule has 1 atom stereocenters. The van der Waals surface area contributed by atoms with Crippen LogP contribution in [0.15, 0.2) is 24.3 Å². The van der Waals surface area contributed by atoms with Crippen molar-refractivity contribution in [1.29, 1.82) is 0 Å². The molecule has 0 unspecified atom stereocenters. The number of rotatable bonds is 4. The number of carbonyl (C=O) groups is 1. The second kappa shape index (κ2) is 7.34. The van der Waals surface area contributed by atoms with Gasteiger partial charge in [-0.1, -0.05) is 18.2 Å². The molecule has 23 heavy (non-hydrogen) atoms. The summed E-state index contributed by atoms with van der Waals surface area (Å²) in [6, 6.07) is 5.31. The van der Waals surface area contributed by atoms with Crippen LogP contribution in [-0.4, -0.2) is 19.1 Å². The summed E-state index contributed by atoms with van der Waals surface area (Å²) >= 11 is 0. The lowest BCUT2D eigenvalue weighted by molar-refractivity contribution is -0.148. The Morgan fingerprint density at radius 1 is 1.30 bits per heavy atom. The van der Waals surface area contributed by atoms with Crippen LogP contribution < -0.4 is 5.73 Å².